The van der Waals surface area contributed by atoms with E-state index in [1.165, 1.54) is 10.9 Å². The number of hydrogen-bond acceptors (Lipinski definition) is 16. The lowest BCUT2D eigenvalue weighted by molar-refractivity contribution is -0.645. The van der Waals surface area contributed by atoms with Gasteiger partial charge in [0.2, 0.25) is 16.9 Å². The summed E-state index contributed by atoms with van der Waals surface area (Å²) in [5.74, 6) is -0.283. The van der Waals surface area contributed by atoms with Crippen LogP contribution in [0.5, 0.6) is 0 Å². The highest BCUT2D eigenvalue weighted by atomic mass is 31.3. The minimum atomic E-state index is -5.61. The van der Waals surface area contributed by atoms with Crippen molar-refractivity contribution in [3.8, 4) is 0 Å². The molecule has 5 aromatic rings. The predicted molar refractivity (Wildman–Crippen MR) is 222 cm³/mol. The fourth-order valence-electron chi connectivity index (χ4n) is 6.69. The molecule has 4 heterocycles. The summed E-state index contributed by atoms with van der Waals surface area (Å²) in [4.78, 5) is 80.4. The van der Waals surface area contributed by atoms with Gasteiger partial charge in [0.15, 0.2) is 23.8 Å². The van der Waals surface area contributed by atoms with Gasteiger partial charge in [-0.3, -0.25) is 13.9 Å². The van der Waals surface area contributed by atoms with Gasteiger partial charge in [-0.2, -0.15) is 8.88 Å². The molecule has 10 N–H and O–H groups in total. The molecule has 0 spiro atoms. The van der Waals surface area contributed by atoms with Crippen LogP contribution in [0.15, 0.2) is 55.1 Å². The van der Waals surface area contributed by atoms with Crippen LogP contribution in [0, 0.1) is 0 Å². The highest BCUT2D eigenvalue weighted by Gasteiger charge is 2.49. The van der Waals surface area contributed by atoms with Crippen molar-refractivity contribution in [3.05, 3.63) is 55.1 Å². The molecule has 62 heavy (non-hydrogen) atoms. The molecule has 0 bridgehead atoms. The van der Waals surface area contributed by atoms with Gasteiger partial charge in [-0.1, -0.05) is 0 Å². The Bertz CT molecular complexity index is 2550. The molecule has 28 heteroatoms. The number of amides is 2. The standard InChI is InChI=1S/C34H46N11O14P3/c1-42(2)22-9-7-20-14-21-8-10-23(43(3)4)16-25(21)44(24(20)15-22)13-5-6-27(46)36-11-12-37-34(48)58-30-26(17-56-62(54,55)59-61(52,53)41-60(49,50)51)57-33(29(30)47)45-19-40-28-31(35)38-18-39-32(28)45/h7-10,14-16,18-19,26,29-30,33,47H,5-6,11-13,17H2,1-4H3,(H8-,35,36,37,38,39,41,46,48,49,50,51,52,53,54,55)/p+1/t26-,29-,30-,33-/m1/s1. The number of aliphatic hydroxyl groups excluding tert-OH is 1. The van der Waals surface area contributed by atoms with E-state index in [9.17, 15) is 38.2 Å². The first-order valence-corrected chi connectivity index (χ1v) is 23.4. The van der Waals surface area contributed by atoms with Crippen molar-refractivity contribution in [2.45, 2.75) is 43.9 Å². The first kappa shape index (κ1) is 46.6. The molecular formula is C34H47N11O14P3+. The summed E-state index contributed by atoms with van der Waals surface area (Å²) in [7, 11) is -8.73. The zero-order valence-electron chi connectivity index (χ0n) is 33.7. The smallest absolute Gasteiger partial charge is 0.440 e. The van der Waals surface area contributed by atoms with E-state index in [1.54, 1.807) is 0 Å². The number of phosphoric acid groups is 1. The Morgan fingerprint density at radius 2 is 1.55 bits per heavy atom. The largest absolute Gasteiger partial charge is 0.480 e. The van der Waals surface area contributed by atoms with E-state index in [2.05, 4.69) is 76.9 Å². The molecule has 1 aliphatic heterocycles. The van der Waals surface area contributed by atoms with Crippen LogP contribution in [0.3, 0.4) is 0 Å². The van der Waals surface area contributed by atoms with Crippen molar-refractivity contribution in [1.29, 1.82) is 0 Å². The molecule has 0 radical (unpaired) electrons. The maximum Gasteiger partial charge on any atom is 0.480 e. The Morgan fingerprint density at radius 3 is 2.16 bits per heavy atom. The van der Waals surface area contributed by atoms with E-state index in [0.717, 1.165) is 44.4 Å². The number of carbonyl (C=O) groups excluding carboxylic acids is 2. The minimum absolute atomic E-state index is 0.00734. The van der Waals surface area contributed by atoms with Crippen LogP contribution >= 0.6 is 23.3 Å². The van der Waals surface area contributed by atoms with E-state index < -0.39 is 60.6 Å². The lowest BCUT2D eigenvalue weighted by Gasteiger charge is -2.22. The van der Waals surface area contributed by atoms with E-state index in [1.807, 2.05) is 38.0 Å². The normalized spacial score (nSPS) is 19.9. The van der Waals surface area contributed by atoms with Gasteiger partial charge >= 0.3 is 29.4 Å². The third-order valence-corrected chi connectivity index (χ3v) is 13.8. The summed E-state index contributed by atoms with van der Waals surface area (Å²) in [6.07, 6.45) is -4.56. The highest BCUT2D eigenvalue weighted by molar-refractivity contribution is 7.70. The second kappa shape index (κ2) is 18.9. The van der Waals surface area contributed by atoms with E-state index in [0.29, 0.717) is 13.0 Å². The fourth-order valence-corrected chi connectivity index (χ4v) is 10.1. The average Bonchev–Trinajstić information content (AvgIpc) is 3.74. The molecular weight excluding hydrogens is 879 g/mol. The lowest BCUT2D eigenvalue weighted by Crippen LogP contribution is -2.42. The van der Waals surface area contributed by atoms with E-state index in [-0.39, 0.29) is 42.4 Å². The Morgan fingerprint density at radius 1 is 0.919 bits per heavy atom. The Kier molecular flexibility index (Phi) is 14.2. The van der Waals surface area contributed by atoms with Crippen LogP contribution in [0.1, 0.15) is 19.1 Å². The highest BCUT2D eigenvalue weighted by Crippen LogP contribution is 2.61. The number of pyridine rings is 1. The molecule has 1 saturated heterocycles. The second-order valence-corrected chi connectivity index (χ2v) is 19.2. The van der Waals surface area contributed by atoms with Crippen LogP contribution in [0.2, 0.25) is 0 Å². The SMILES string of the molecule is CN(C)c1ccc2cc3ccc(N(C)C)cc3[n+](CCCC(=O)NCCNC(=O)O[C@H]3[C@@H](O)[C@H](n4cnc5c(N)ncnc54)O[C@@H]3COP(=O)(O)OP(=O)(O)NP(=O)(O)O)c2c1. The molecule has 6 atom stereocenters. The Balaban J connectivity index is 1.06. The first-order valence-electron chi connectivity index (χ1n) is 18.7. The summed E-state index contributed by atoms with van der Waals surface area (Å²) in [6, 6.07) is 14.6. The molecule has 2 unspecified atom stereocenters. The number of nitrogens with two attached hydrogens (primary N) is 1. The van der Waals surface area contributed by atoms with Crippen molar-refractivity contribution >= 4 is 85.5 Å². The fraction of sp³-hybridized carbons (Fsp3) is 0.412. The van der Waals surface area contributed by atoms with Crippen molar-refractivity contribution in [2.24, 2.45) is 0 Å². The number of imidazole rings is 1. The molecule has 0 saturated carbocycles. The zero-order valence-corrected chi connectivity index (χ0v) is 36.4. The third kappa shape index (κ3) is 11.4. The van der Waals surface area contributed by atoms with Gasteiger partial charge in [0.1, 0.15) is 30.6 Å². The van der Waals surface area contributed by atoms with Gasteiger partial charge in [0, 0.05) is 88.4 Å². The molecule has 336 valence electrons. The van der Waals surface area contributed by atoms with Crippen molar-refractivity contribution < 1.29 is 70.8 Å². The quantitative estimate of drug-likeness (QED) is 0.0256. The Labute approximate surface area is 353 Å². The van der Waals surface area contributed by atoms with Crippen molar-refractivity contribution in [2.75, 3.05) is 63.4 Å². The number of anilines is 3. The van der Waals surface area contributed by atoms with Crippen LogP contribution in [0.25, 0.3) is 33.0 Å². The number of ether oxygens (including phenoxy) is 2. The molecule has 1 fully saturated rings. The maximum atomic E-state index is 13.0. The first-order chi connectivity index (χ1) is 29.1. The molecule has 25 nitrogen and oxygen atoms in total. The van der Waals surface area contributed by atoms with E-state index >= 15 is 0 Å². The minimum Gasteiger partial charge on any atom is -0.440 e. The van der Waals surface area contributed by atoms with Gasteiger partial charge in [-0.05, 0) is 30.3 Å². The van der Waals surface area contributed by atoms with Crippen molar-refractivity contribution in [3.63, 3.8) is 0 Å². The van der Waals surface area contributed by atoms with Crippen LogP contribution in [0.4, 0.5) is 22.0 Å². The number of nitrogens with zero attached hydrogens (tertiary/aromatic N) is 7. The molecule has 2 amide bonds. The van der Waals surface area contributed by atoms with Gasteiger partial charge in [0.05, 0.1) is 12.9 Å². The zero-order chi connectivity index (χ0) is 45.1. The maximum absolute atomic E-state index is 13.0. The summed E-state index contributed by atoms with van der Waals surface area (Å²) < 4.78 is 59.0. The van der Waals surface area contributed by atoms with Crippen LogP contribution in [-0.4, -0.2) is 122 Å². The average molecular weight is 927 g/mol. The molecule has 3 aromatic heterocycles. The summed E-state index contributed by atoms with van der Waals surface area (Å²) in [5, 5.41) is 18.6. The predicted octanol–water partition coefficient (Wildman–Crippen LogP) is 1.00. The van der Waals surface area contributed by atoms with Crippen LogP contribution < -0.4 is 35.6 Å². The monoisotopic (exact) mass is 926 g/mol. The number of carbonyl (C=O) groups is 2. The van der Waals surface area contributed by atoms with Crippen LogP contribution in [-0.2, 0) is 43.3 Å². The number of aromatic nitrogens is 5. The van der Waals surface area contributed by atoms with Gasteiger partial charge in [-0.15, -0.1) is 4.86 Å². The summed E-state index contributed by atoms with van der Waals surface area (Å²) in [6.45, 7) is -0.640. The second-order valence-electron chi connectivity index (χ2n) is 14.5. The number of hydrogen-bond donors (Lipinski definition) is 9. The number of phosphoric ester groups is 1. The molecule has 0 aliphatic carbocycles. The number of alkyl carbamates (subject to hydrolysis) is 1. The summed E-state index contributed by atoms with van der Waals surface area (Å²) >= 11 is 0. The lowest BCUT2D eigenvalue weighted by atomic mass is 10.1. The number of aryl methyl sites for hydroxylation is 1. The number of aliphatic hydroxyl groups is 1. The van der Waals surface area contributed by atoms with Crippen molar-refractivity contribution in [1.82, 2.24) is 35.0 Å². The van der Waals surface area contributed by atoms with E-state index in [4.69, 9.17) is 29.5 Å². The third-order valence-electron chi connectivity index (χ3n) is 9.54. The Hall–Kier alpha value is -4.87. The summed E-state index contributed by atoms with van der Waals surface area (Å²) in [5.41, 5.74) is 10.2. The van der Waals surface area contributed by atoms with Gasteiger partial charge in [-0.25, -0.2) is 33.4 Å². The van der Waals surface area contributed by atoms with Gasteiger partial charge < -0.3 is 60.3 Å². The molecule has 2 aromatic carbocycles. The number of benzene rings is 2. The topological polar surface area (TPSA) is 339 Å². The molecule has 1 aliphatic rings. The number of rotatable bonds is 18. The number of nitrogens with one attached hydrogen (secondary N) is 3. The number of nitrogen functional groups attached to an aromatic ring is 1. The van der Waals surface area contributed by atoms with Gasteiger partial charge in [0.25, 0.3) is 0 Å². The number of fused-ring (bicyclic) bond motifs is 3. The molecule has 6 rings (SSSR count).